The maximum absolute atomic E-state index is 13.4. The lowest BCUT2D eigenvalue weighted by Crippen LogP contribution is -2.38. The highest BCUT2D eigenvalue weighted by atomic mass is 35.5. The minimum Gasteiger partial charge on any atom is -0.326 e. The van der Waals surface area contributed by atoms with Gasteiger partial charge in [-0.25, -0.2) is 5.43 Å². The molecule has 3 aromatic carbocycles. The van der Waals surface area contributed by atoms with E-state index in [-0.39, 0.29) is 22.6 Å². The van der Waals surface area contributed by atoms with Crippen LogP contribution in [-0.2, 0) is 33.2 Å². The minimum absolute atomic E-state index is 0.177. The summed E-state index contributed by atoms with van der Waals surface area (Å²) in [5, 5.41) is 3.47. The molecule has 0 saturated carbocycles. The summed E-state index contributed by atoms with van der Waals surface area (Å²) < 4.78 is 28.1. The molecule has 0 fully saturated rings. The van der Waals surface area contributed by atoms with Gasteiger partial charge in [0.05, 0.1) is 17.0 Å². The molecule has 3 aromatic rings. The zero-order chi connectivity index (χ0) is 23.8. The lowest BCUT2D eigenvalue weighted by atomic mass is 9.87. The molecular formula is C25H26ClN3O3S. The number of amides is 1. The zero-order valence-electron chi connectivity index (χ0n) is 18.7. The van der Waals surface area contributed by atoms with Crippen LogP contribution >= 0.6 is 11.6 Å². The Kier molecular flexibility index (Phi) is 6.22. The van der Waals surface area contributed by atoms with Crippen molar-refractivity contribution in [3.63, 3.8) is 0 Å². The van der Waals surface area contributed by atoms with E-state index >= 15 is 0 Å². The average molecular weight is 484 g/mol. The molecule has 0 saturated heterocycles. The largest absolute Gasteiger partial charge is 0.326 e. The number of sulfonamides is 1. The number of anilines is 2. The van der Waals surface area contributed by atoms with Crippen molar-refractivity contribution in [3.8, 4) is 0 Å². The summed E-state index contributed by atoms with van der Waals surface area (Å²) in [6, 6.07) is 19.4. The molecule has 0 bridgehead atoms. The molecule has 0 spiro atoms. The number of carbonyl (C=O) groups excluding carboxylic acids is 1. The monoisotopic (exact) mass is 483 g/mol. The standard InChI is InChI=1S/C25H26ClN3O3S/c1-25(2,3)19-5-4-6-22(14-19)33(31,32)29-23-15-21(12-9-18(23)16-27-29)28-24(30)13-17-7-10-20(26)11-8-17/h4-12,14-15,27H,13,16H2,1-3H3,(H,28,30). The van der Waals surface area contributed by atoms with Crippen LogP contribution in [0.1, 0.15) is 37.5 Å². The Morgan fingerprint density at radius 1 is 1.06 bits per heavy atom. The second-order valence-corrected chi connectivity index (χ2v) is 11.3. The normalized spacial score (nSPS) is 13.6. The number of nitrogens with zero attached hydrogens (tertiary/aromatic N) is 1. The summed E-state index contributed by atoms with van der Waals surface area (Å²) in [5.74, 6) is -0.199. The summed E-state index contributed by atoms with van der Waals surface area (Å²) in [5.41, 5.74) is 6.42. The van der Waals surface area contributed by atoms with Crippen molar-refractivity contribution in [3.05, 3.63) is 88.4 Å². The number of halogens is 1. The molecule has 172 valence electrons. The second-order valence-electron chi connectivity index (χ2n) is 9.08. The lowest BCUT2D eigenvalue weighted by molar-refractivity contribution is -0.115. The van der Waals surface area contributed by atoms with Gasteiger partial charge in [-0.15, -0.1) is 0 Å². The first kappa shape index (κ1) is 23.3. The van der Waals surface area contributed by atoms with E-state index in [9.17, 15) is 13.2 Å². The molecule has 1 aliphatic heterocycles. The van der Waals surface area contributed by atoms with Crippen molar-refractivity contribution in [2.75, 3.05) is 9.73 Å². The number of carbonyl (C=O) groups is 1. The Morgan fingerprint density at radius 3 is 2.48 bits per heavy atom. The molecule has 0 atom stereocenters. The first-order chi connectivity index (χ1) is 15.5. The highest BCUT2D eigenvalue weighted by Gasteiger charge is 2.32. The molecule has 1 heterocycles. The molecule has 6 nitrogen and oxygen atoms in total. The van der Waals surface area contributed by atoms with E-state index < -0.39 is 10.0 Å². The highest BCUT2D eigenvalue weighted by Crippen LogP contribution is 2.34. The number of benzene rings is 3. The van der Waals surface area contributed by atoms with E-state index in [0.29, 0.717) is 22.9 Å². The fourth-order valence-electron chi connectivity index (χ4n) is 3.66. The molecule has 33 heavy (non-hydrogen) atoms. The van der Waals surface area contributed by atoms with Gasteiger partial charge in [-0.1, -0.05) is 62.7 Å². The lowest BCUT2D eigenvalue weighted by Gasteiger charge is -2.23. The summed E-state index contributed by atoms with van der Waals surface area (Å²) in [6.07, 6.45) is 0.189. The maximum atomic E-state index is 13.4. The van der Waals surface area contributed by atoms with Crippen molar-refractivity contribution >= 4 is 38.9 Å². The topological polar surface area (TPSA) is 78.5 Å². The molecule has 0 aliphatic carbocycles. The van der Waals surface area contributed by atoms with Gasteiger partial charge < -0.3 is 5.32 Å². The Morgan fingerprint density at radius 2 is 1.79 bits per heavy atom. The third-order valence-electron chi connectivity index (χ3n) is 5.52. The maximum Gasteiger partial charge on any atom is 0.277 e. The van der Waals surface area contributed by atoms with Crippen molar-refractivity contribution < 1.29 is 13.2 Å². The van der Waals surface area contributed by atoms with Crippen LogP contribution in [0, 0.1) is 0 Å². The molecule has 1 amide bonds. The first-order valence-electron chi connectivity index (χ1n) is 10.6. The van der Waals surface area contributed by atoms with Gasteiger partial charge in [-0.3, -0.25) is 4.79 Å². The second kappa shape index (κ2) is 8.82. The van der Waals surface area contributed by atoms with Crippen LogP contribution in [0.3, 0.4) is 0 Å². The third kappa shape index (κ3) is 5.05. The molecule has 0 aromatic heterocycles. The molecular weight excluding hydrogens is 458 g/mol. The van der Waals surface area contributed by atoms with Gasteiger partial charge >= 0.3 is 0 Å². The van der Waals surface area contributed by atoms with Crippen LogP contribution in [0.15, 0.2) is 71.6 Å². The van der Waals surface area contributed by atoms with Crippen molar-refractivity contribution in [2.45, 2.75) is 44.0 Å². The van der Waals surface area contributed by atoms with Gasteiger partial charge in [-0.2, -0.15) is 12.8 Å². The van der Waals surface area contributed by atoms with Gasteiger partial charge in [0.1, 0.15) is 0 Å². The minimum atomic E-state index is -3.84. The smallest absolute Gasteiger partial charge is 0.277 e. The molecule has 2 N–H and O–H groups in total. The number of nitrogens with one attached hydrogen (secondary N) is 2. The average Bonchev–Trinajstić information content (AvgIpc) is 3.19. The van der Waals surface area contributed by atoms with Crippen molar-refractivity contribution in [1.82, 2.24) is 5.43 Å². The fraction of sp³-hybridized carbons (Fsp3) is 0.240. The third-order valence-corrected chi connectivity index (χ3v) is 7.43. The summed E-state index contributed by atoms with van der Waals surface area (Å²) in [4.78, 5) is 12.7. The van der Waals surface area contributed by atoms with Crippen LogP contribution in [0.25, 0.3) is 0 Å². The SMILES string of the molecule is CC(C)(C)c1cccc(S(=O)(=O)N2NCc3ccc(NC(=O)Cc4ccc(Cl)cc4)cc32)c1. The van der Waals surface area contributed by atoms with Gasteiger partial charge in [0.15, 0.2) is 0 Å². The highest BCUT2D eigenvalue weighted by molar-refractivity contribution is 7.92. The zero-order valence-corrected chi connectivity index (χ0v) is 20.3. The van der Waals surface area contributed by atoms with E-state index in [1.165, 1.54) is 4.41 Å². The number of hydrogen-bond donors (Lipinski definition) is 2. The predicted octanol–water partition coefficient (Wildman–Crippen LogP) is 5.03. The predicted molar refractivity (Wildman–Crippen MR) is 132 cm³/mol. The van der Waals surface area contributed by atoms with Crippen LogP contribution in [0.4, 0.5) is 11.4 Å². The Hall–Kier alpha value is -2.87. The van der Waals surface area contributed by atoms with Gasteiger partial charge in [-0.05, 0) is 58.5 Å². The van der Waals surface area contributed by atoms with E-state index in [0.717, 1.165) is 16.7 Å². The fourth-order valence-corrected chi connectivity index (χ4v) is 5.18. The van der Waals surface area contributed by atoms with Gasteiger partial charge in [0.2, 0.25) is 5.91 Å². The van der Waals surface area contributed by atoms with Crippen LogP contribution in [-0.4, -0.2) is 14.3 Å². The van der Waals surface area contributed by atoms with E-state index in [2.05, 4.69) is 10.7 Å². The van der Waals surface area contributed by atoms with Gasteiger partial charge in [0, 0.05) is 17.3 Å². The van der Waals surface area contributed by atoms with Crippen LogP contribution in [0.5, 0.6) is 0 Å². The van der Waals surface area contributed by atoms with Gasteiger partial charge in [0.25, 0.3) is 10.0 Å². The molecule has 1 aliphatic rings. The molecule has 0 radical (unpaired) electrons. The van der Waals surface area contributed by atoms with Crippen molar-refractivity contribution in [2.24, 2.45) is 0 Å². The molecule has 4 rings (SSSR count). The number of hydrazine groups is 1. The summed E-state index contributed by atoms with van der Waals surface area (Å²) in [7, 11) is -3.84. The summed E-state index contributed by atoms with van der Waals surface area (Å²) >= 11 is 5.90. The Bertz CT molecular complexity index is 1300. The van der Waals surface area contributed by atoms with Crippen molar-refractivity contribution in [1.29, 1.82) is 0 Å². The molecule has 8 heteroatoms. The Labute approximate surface area is 199 Å². The van der Waals surface area contributed by atoms with E-state index in [4.69, 9.17) is 11.6 Å². The van der Waals surface area contributed by atoms with E-state index in [1.807, 2.05) is 32.9 Å². The first-order valence-corrected chi connectivity index (χ1v) is 12.4. The van der Waals surface area contributed by atoms with E-state index in [1.54, 1.807) is 54.6 Å². The number of fused-ring (bicyclic) bond motifs is 1. The van der Waals surface area contributed by atoms with Crippen LogP contribution in [0.2, 0.25) is 5.02 Å². The number of hydrogen-bond acceptors (Lipinski definition) is 4. The number of rotatable bonds is 5. The van der Waals surface area contributed by atoms with Crippen LogP contribution < -0.4 is 15.2 Å². The molecule has 0 unspecified atom stereocenters. The quantitative estimate of drug-likeness (QED) is 0.533. The Balaban J connectivity index is 1.57. The summed E-state index contributed by atoms with van der Waals surface area (Å²) in [6.45, 7) is 6.51.